The lowest BCUT2D eigenvalue weighted by atomic mass is 9.58. The Balaban J connectivity index is 1.60. The van der Waals surface area contributed by atoms with Crippen LogP contribution >= 0.6 is 23.2 Å². The summed E-state index contributed by atoms with van der Waals surface area (Å²) >= 11 is 12.1. The molecular formula is C15H16Cl2N2O3. The van der Waals surface area contributed by atoms with Crippen LogP contribution in [-0.4, -0.2) is 35.5 Å². The predicted octanol–water partition coefficient (Wildman–Crippen LogP) is 3.48. The van der Waals surface area contributed by atoms with Crippen molar-refractivity contribution in [2.24, 2.45) is 5.41 Å². The highest BCUT2D eigenvalue weighted by molar-refractivity contribution is 6.38. The van der Waals surface area contributed by atoms with Crippen molar-refractivity contribution >= 4 is 40.3 Å². The summed E-state index contributed by atoms with van der Waals surface area (Å²) in [4.78, 5) is 4.40. The number of oxazole rings is 1. The second kappa shape index (κ2) is 5.27. The second-order valence-electron chi connectivity index (χ2n) is 6.05. The van der Waals surface area contributed by atoms with Crippen LogP contribution in [0.5, 0.6) is 0 Å². The van der Waals surface area contributed by atoms with Crippen LogP contribution in [0.1, 0.15) is 19.3 Å². The summed E-state index contributed by atoms with van der Waals surface area (Å²) < 4.78 is 11.1. The van der Waals surface area contributed by atoms with Gasteiger partial charge in [-0.05, 0) is 31.4 Å². The van der Waals surface area contributed by atoms with E-state index in [1.807, 2.05) is 0 Å². The predicted molar refractivity (Wildman–Crippen MR) is 84.5 cm³/mol. The lowest BCUT2D eigenvalue weighted by molar-refractivity contribution is -0.133. The number of hydrogen-bond acceptors (Lipinski definition) is 5. The van der Waals surface area contributed by atoms with E-state index in [1.54, 1.807) is 12.1 Å². The third-order valence-corrected chi connectivity index (χ3v) is 5.45. The smallest absolute Gasteiger partial charge is 0.295 e. The Morgan fingerprint density at radius 3 is 2.77 bits per heavy atom. The number of halogens is 2. The van der Waals surface area contributed by atoms with Crippen LogP contribution in [0.25, 0.3) is 11.1 Å². The van der Waals surface area contributed by atoms with Crippen molar-refractivity contribution in [2.45, 2.75) is 31.4 Å². The van der Waals surface area contributed by atoms with Gasteiger partial charge in [-0.3, -0.25) is 0 Å². The van der Waals surface area contributed by atoms with E-state index in [2.05, 4.69) is 10.3 Å². The fraction of sp³-hybridized carbons (Fsp3) is 0.533. The Kier molecular flexibility index (Phi) is 3.49. The Morgan fingerprint density at radius 1 is 1.27 bits per heavy atom. The van der Waals surface area contributed by atoms with Gasteiger partial charge in [0.2, 0.25) is 0 Å². The minimum Gasteiger partial charge on any atom is -0.422 e. The van der Waals surface area contributed by atoms with Gasteiger partial charge in [0.15, 0.2) is 5.58 Å². The topological polar surface area (TPSA) is 67.5 Å². The fourth-order valence-electron chi connectivity index (χ4n) is 3.57. The molecule has 1 aliphatic carbocycles. The zero-order chi connectivity index (χ0) is 15.3. The van der Waals surface area contributed by atoms with Crippen molar-refractivity contribution in [2.75, 3.05) is 18.5 Å². The van der Waals surface area contributed by atoms with Gasteiger partial charge in [0.1, 0.15) is 5.52 Å². The van der Waals surface area contributed by atoms with Gasteiger partial charge in [-0.2, -0.15) is 4.98 Å². The first kappa shape index (κ1) is 14.6. The molecule has 2 N–H and O–H groups in total. The molecule has 2 heterocycles. The number of anilines is 1. The normalized spacial score (nSPS) is 27.0. The molecule has 2 atom stereocenters. The van der Waals surface area contributed by atoms with Gasteiger partial charge in [-0.1, -0.05) is 23.2 Å². The summed E-state index contributed by atoms with van der Waals surface area (Å²) in [5, 5.41) is 14.5. The molecule has 0 unspecified atom stereocenters. The molecule has 1 aromatic heterocycles. The highest BCUT2D eigenvalue weighted by Gasteiger charge is 2.55. The zero-order valence-corrected chi connectivity index (χ0v) is 13.3. The van der Waals surface area contributed by atoms with Crippen molar-refractivity contribution in [3.8, 4) is 0 Å². The SMILES string of the molecule is O[C@@H]1C[C@@H](Nc2nc3cc(Cl)cc(Cl)c3o2)C12CCOCC2. The molecule has 1 saturated carbocycles. The molecule has 2 aliphatic rings. The van der Waals surface area contributed by atoms with Gasteiger partial charge >= 0.3 is 0 Å². The maximum atomic E-state index is 10.2. The summed E-state index contributed by atoms with van der Waals surface area (Å²) in [6.07, 6.45) is 2.08. The standard InChI is InChI=1S/C15H16Cl2N2O3/c16-8-5-9(17)13-10(6-8)18-14(22-13)19-11-7-12(20)15(11)1-3-21-4-2-15/h5-6,11-12,20H,1-4,7H2,(H,18,19)/t11-,12-/m1/s1. The number of aliphatic hydroxyl groups is 1. The largest absolute Gasteiger partial charge is 0.422 e. The average Bonchev–Trinajstić information content (AvgIpc) is 2.91. The zero-order valence-electron chi connectivity index (χ0n) is 11.8. The molecule has 1 spiro atoms. The van der Waals surface area contributed by atoms with E-state index in [-0.39, 0.29) is 17.6 Å². The fourth-order valence-corrected chi connectivity index (χ4v) is 4.09. The van der Waals surface area contributed by atoms with Gasteiger partial charge in [0.05, 0.1) is 11.1 Å². The van der Waals surface area contributed by atoms with Crippen LogP contribution < -0.4 is 5.32 Å². The summed E-state index contributed by atoms with van der Waals surface area (Å²) in [6, 6.07) is 3.90. The molecule has 5 nitrogen and oxygen atoms in total. The van der Waals surface area contributed by atoms with E-state index < -0.39 is 0 Å². The number of rotatable bonds is 2. The number of aliphatic hydroxyl groups excluding tert-OH is 1. The third kappa shape index (κ3) is 2.19. The van der Waals surface area contributed by atoms with E-state index in [9.17, 15) is 5.11 Å². The van der Waals surface area contributed by atoms with Crippen LogP contribution in [0.2, 0.25) is 10.0 Å². The van der Waals surface area contributed by atoms with Gasteiger partial charge in [0, 0.05) is 29.7 Å². The van der Waals surface area contributed by atoms with Gasteiger partial charge in [-0.15, -0.1) is 0 Å². The first-order valence-electron chi connectivity index (χ1n) is 7.36. The highest BCUT2D eigenvalue weighted by Crippen LogP contribution is 2.50. The lowest BCUT2D eigenvalue weighted by Gasteiger charge is -2.55. The molecule has 4 rings (SSSR count). The van der Waals surface area contributed by atoms with Crippen molar-refractivity contribution < 1.29 is 14.3 Å². The third-order valence-electron chi connectivity index (χ3n) is 4.95. The molecule has 22 heavy (non-hydrogen) atoms. The van der Waals surface area contributed by atoms with Crippen molar-refractivity contribution in [3.63, 3.8) is 0 Å². The summed E-state index contributed by atoms with van der Waals surface area (Å²) in [5.74, 6) is 0. The maximum Gasteiger partial charge on any atom is 0.295 e. The molecule has 2 fully saturated rings. The Bertz CT molecular complexity index is 712. The molecule has 0 radical (unpaired) electrons. The summed E-state index contributed by atoms with van der Waals surface area (Å²) in [7, 11) is 0. The minimum atomic E-state index is -0.295. The molecule has 1 aromatic carbocycles. The first-order chi connectivity index (χ1) is 10.6. The minimum absolute atomic E-state index is 0.133. The second-order valence-corrected chi connectivity index (χ2v) is 6.89. The maximum absolute atomic E-state index is 10.2. The number of nitrogens with one attached hydrogen (secondary N) is 1. The van der Waals surface area contributed by atoms with E-state index >= 15 is 0 Å². The summed E-state index contributed by atoms with van der Waals surface area (Å²) in [6.45, 7) is 1.37. The molecule has 0 amide bonds. The van der Waals surface area contributed by atoms with Crippen molar-refractivity contribution in [1.29, 1.82) is 0 Å². The molecule has 118 valence electrons. The number of benzene rings is 1. The Hall–Kier alpha value is -1.01. The van der Waals surface area contributed by atoms with E-state index in [0.717, 1.165) is 12.8 Å². The van der Waals surface area contributed by atoms with Crippen molar-refractivity contribution in [1.82, 2.24) is 4.98 Å². The van der Waals surface area contributed by atoms with Crippen LogP contribution in [0.15, 0.2) is 16.5 Å². The van der Waals surface area contributed by atoms with Crippen LogP contribution in [0, 0.1) is 5.41 Å². The van der Waals surface area contributed by atoms with E-state index in [4.69, 9.17) is 32.4 Å². The van der Waals surface area contributed by atoms with Gasteiger partial charge in [-0.25, -0.2) is 0 Å². The molecule has 1 aliphatic heterocycles. The molecule has 0 bridgehead atoms. The van der Waals surface area contributed by atoms with Gasteiger partial charge in [0.25, 0.3) is 6.01 Å². The molecule has 7 heteroatoms. The number of aromatic nitrogens is 1. The van der Waals surface area contributed by atoms with Crippen molar-refractivity contribution in [3.05, 3.63) is 22.2 Å². The van der Waals surface area contributed by atoms with Crippen LogP contribution in [0.4, 0.5) is 6.01 Å². The lowest BCUT2D eigenvalue weighted by Crippen LogP contribution is -2.62. The monoisotopic (exact) mass is 342 g/mol. The van der Waals surface area contributed by atoms with Crippen LogP contribution in [0.3, 0.4) is 0 Å². The highest BCUT2D eigenvalue weighted by atomic mass is 35.5. The average molecular weight is 343 g/mol. The number of fused-ring (bicyclic) bond motifs is 1. The van der Waals surface area contributed by atoms with E-state index in [0.29, 0.717) is 46.8 Å². The Morgan fingerprint density at radius 2 is 2.05 bits per heavy atom. The van der Waals surface area contributed by atoms with Gasteiger partial charge < -0.3 is 19.6 Å². The van der Waals surface area contributed by atoms with Crippen LogP contribution in [-0.2, 0) is 4.74 Å². The number of nitrogens with zero attached hydrogens (tertiary/aromatic N) is 1. The Labute approximate surface area is 137 Å². The molecule has 2 aromatic rings. The molecular weight excluding hydrogens is 327 g/mol. The number of hydrogen-bond donors (Lipinski definition) is 2. The summed E-state index contributed by atoms with van der Waals surface area (Å²) in [5.41, 5.74) is 1.01. The first-order valence-corrected chi connectivity index (χ1v) is 8.12. The quantitative estimate of drug-likeness (QED) is 0.874. The number of ether oxygens (including phenoxy) is 1. The molecule has 1 saturated heterocycles. The van der Waals surface area contributed by atoms with E-state index in [1.165, 1.54) is 0 Å².